The van der Waals surface area contributed by atoms with Crippen LogP contribution in [0.1, 0.15) is 22.8 Å². The van der Waals surface area contributed by atoms with Gasteiger partial charge in [-0.2, -0.15) is 0 Å². The fraction of sp³-hybridized carbons (Fsp3) is 0.222. The monoisotopic (exact) mass is 212 g/mol. The maximum absolute atomic E-state index is 10.9. The van der Waals surface area contributed by atoms with Crippen LogP contribution >= 0.6 is 8.25 Å². The molecule has 4 nitrogen and oxygen atoms in total. The van der Waals surface area contributed by atoms with Crippen molar-refractivity contribution in [3.63, 3.8) is 0 Å². The molecule has 1 unspecified atom stereocenters. The normalized spacial score (nSPS) is 11.1. The number of ketones is 1. The summed E-state index contributed by atoms with van der Waals surface area (Å²) in [5.41, 5.74) is 1.31. The van der Waals surface area contributed by atoms with Crippen molar-refractivity contribution < 1.29 is 18.8 Å². The van der Waals surface area contributed by atoms with E-state index < -0.39 is 8.25 Å². The first kappa shape index (κ1) is 11.0. The summed E-state index contributed by atoms with van der Waals surface area (Å²) in [6.45, 7) is 1.48. The van der Waals surface area contributed by atoms with Crippen LogP contribution in [0.25, 0.3) is 0 Å². The Balaban J connectivity index is 2.64. The molecule has 0 aliphatic heterocycles. The molecule has 0 saturated carbocycles. The zero-order valence-corrected chi connectivity index (χ0v) is 8.49. The molecule has 0 saturated heterocycles. The van der Waals surface area contributed by atoms with Gasteiger partial charge in [0, 0.05) is 5.56 Å². The van der Waals surface area contributed by atoms with Crippen molar-refractivity contribution in [1.29, 1.82) is 0 Å². The number of Topliss-reactive ketones (excluding diaryl/α,β-unsaturated/α-hetero) is 1. The summed E-state index contributed by atoms with van der Waals surface area (Å²) in [5.74, 6) is -0.0210. The number of carbonyl (C=O) groups is 1. The first-order valence-electron chi connectivity index (χ1n) is 3.97. The molecular formula is C9H9O4P. The second kappa shape index (κ2) is 4.96. The van der Waals surface area contributed by atoms with Crippen LogP contribution in [-0.2, 0) is 15.7 Å². The predicted molar refractivity (Wildman–Crippen MR) is 48.8 cm³/mol. The molecule has 0 amide bonds. The number of hydrogen-bond acceptors (Lipinski definition) is 4. The highest BCUT2D eigenvalue weighted by Crippen LogP contribution is 2.14. The van der Waals surface area contributed by atoms with Crippen LogP contribution < -0.4 is 4.89 Å². The third-order valence-corrected chi connectivity index (χ3v) is 2.04. The van der Waals surface area contributed by atoms with Gasteiger partial charge in [-0.3, -0.25) is 4.79 Å². The Kier molecular flexibility index (Phi) is 3.89. The molecule has 0 aliphatic carbocycles. The smallest absolute Gasteiger partial charge is 0.488 e. The average molecular weight is 212 g/mol. The predicted octanol–water partition coefficient (Wildman–Crippen LogP) is 1.42. The summed E-state index contributed by atoms with van der Waals surface area (Å²) < 4.78 is 14.5. The molecule has 0 spiro atoms. The first-order valence-corrected chi connectivity index (χ1v) is 5.06. The fourth-order valence-corrected chi connectivity index (χ4v) is 1.22. The Morgan fingerprint density at radius 1 is 1.43 bits per heavy atom. The van der Waals surface area contributed by atoms with Gasteiger partial charge >= 0.3 is 8.25 Å². The van der Waals surface area contributed by atoms with E-state index in [1.807, 2.05) is 0 Å². The largest absolute Gasteiger partial charge is 0.566 e. The van der Waals surface area contributed by atoms with Crippen molar-refractivity contribution in [3.8, 4) is 0 Å². The molecule has 0 radical (unpaired) electrons. The van der Waals surface area contributed by atoms with Crippen molar-refractivity contribution >= 4 is 14.0 Å². The molecule has 1 aromatic carbocycles. The Bertz CT molecular complexity index is 344. The number of benzene rings is 1. The molecular weight excluding hydrogens is 203 g/mol. The lowest BCUT2D eigenvalue weighted by Crippen LogP contribution is -1.95. The highest BCUT2D eigenvalue weighted by atomic mass is 31.1. The van der Waals surface area contributed by atoms with Gasteiger partial charge in [0.05, 0.1) is 0 Å². The Labute approximate surface area is 82.5 Å². The quantitative estimate of drug-likeness (QED) is 0.559. The molecule has 0 aromatic heterocycles. The van der Waals surface area contributed by atoms with E-state index in [1.165, 1.54) is 6.92 Å². The van der Waals surface area contributed by atoms with Gasteiger partial charge in [0.25, 0.3) is 0 Å². The Hall–Kier alpha value is -1.09. The molecule has 0 heterocycles. The van der Waals surface area contributed by atoms with E-state index in [1.54, 1.807) is 24.3 Å². The Morgan fingerprint density at radius 3 is 2.43 bits per heavy atom. The highest BCUT2D eigenvalue weighted by Gasteiger charge is 2.03. The van der Waals surface area contributed by atoms with Gasteiger partial charge in [-0.05, 0) is 17.1 Å². The maximum atomic E-state index is 10.9. The van der Waals surface area contributed by atoms with Crippen LogP contribution in [0.15, 0.2) is 24.3 Å². The minimum Gasteiger partial charge on any atom is -0.566 e. The van der Waals surface area contributed by atoms with Crippen LogP contribution in [0, 0.1) is 0 Å². The van der Waals surface area contributed by atoms with Gasteiger partial charge in [0.2, 0.25) is 0 Å². The summed E-state index contributed by atoms with van der Waals surface area (Å²) in [4.78, 5) is 21.0. The van der Waals surface area contributed by atoms with E-state index in [0.717, 1.165) is 0 Å². The van der Waals surface area contributed by atoms with E-state index >= 15 is 0 Å². The van der Waals surface area contributed by atoms with Crippen molar-refractivity contribution in [1.82, 2.24) is 0 Å². The molecule has 0 aliphatic rings. The number of rotatable bonds is 4. The fourth-order valence-electron chi connectivity index (χ4n) is 0.963. The van der Waals surface area contributed by atoms with Gasteiger partial charge in [-0.25, -0.2) is 0 Å². The van der Waals surface area contributed by atoms with Crippen LogP contribution in [0.2, 0.25) is 0 Å². The SMILES string of the molecule is CC(=O)c1ccc(CO[P+](=O)[O-])cc1. The van der Waals surface area contributed by atoms with Gasteiger partial charge in [0.1, 0.15) is 6.61 Å². The summed E-state index contributed by atoms with van der Waals surface area (Å²) in [6.07, 6.45) is 0. The van der Waals surface area contributed by atoms with E-state index in [-0.39, 0.29) is 12.4 Å². The number of carbonyl (C=O) groups excluding carboxylic acids is 1. The summed E-state index contributed by atoms with van der Waals surface area (Å²) >= 11 is 0. The minimum atomic E-state index is -2.81. The van der Waals surface area contributed by atoms with E-state index in [9.17, 15) is 14.3 Å². The molecule has 0 N–H and O–H groups in total. The lowest BCUT2D eigenvalue weighted by atomic mass is 10.1. The van der Waals surface area contributed by atoms with Crippen LogP contribution in [0.5, 0.6) is 0 Å². The van der Waals surface area contributed by atoms with E-state index in [4.69, 9.17) is 0 Å². The van der Waals surface area contributed by atoms with Crippen molar-refractivity contribution in [2.45, 2.75) is 13.5 Å². The van der Waals surface area contributed by atoms with Gasteiger partial charge in [-0.1, -0.05) is 24.3 Å². The topological polar surface area (TPSA) is 66.4 Å². The second-order valence-electron chi connectivity index (χ2n) is 2.75. The van der Waals surface area contributed by atoms with Crippen molar-refractivity contribution in [2.75, 3.05) is 0 Å². The zero-order valence-electron chi connectivity index (χ0n) is 7.60. The molecule has 1 rings (SSSR count). The number of hydrogen-bond donors (Lipinski definition) is 0. The highest BCUT2D eigenvalue weighted by molar-refractivity contribution is 7.30. The lowest BCUT2D eigenvalue weighted by molar-refractivity contribution is -0.186. The average Bonchev–Trinajstić information content (AvgIpc) is 2.15. The maximum Gasteiger partial charge on any atom is 0.488 e. The van der Waals surface area contributed by atoms with Crippen LogP contribution in [0.4, 0.5) is 0 Å². The molecule has 14 heavy (non-hydrogen) atoms. The van der Waals surface area contributed by atoms with Crippen LogP contribution in [0.3, 0.4) is 0 Å². The van der Waals surface area contributed by atoms with Gasteiger partial charge in [-0.15, -0.1) is 4.52 Å². The standard InChI is InChI=1S/C9H9O4P/c1-7(10)9-4-2-8(3-5-9)6-13-14(11)12/h2-5H,6H2,1H3. The minimum absolute atomic E-state index is 0.0108. The molecule has 74 valence electrons. The van der Waals surface area contributed by atoms with Crippen molar-refractivity contribution in [3.05, 3.63) is 35.4 Å². The summed E-state index contributed by atoms with van der Waals surface area (Å²) in [6, 6.07) is 6.60. The van der Waals surface area contributed by atoms with Crippen molar-refractivity contribution in [2.24, 2.45) is 0 Å². The third kappa shape index (κ3) is 3.34. The van der Waals surface area contributed by atoms with E-state index in [0.29, 0.717) is 11.1 Å². The third-order valence-electron chi connectivity index (χ3n) is 1.70. The second-order valence-corrected chi connectivity index (χ2v) is 3.46. The molecule has 1 atom stereocenters. The summed E-state index contributed by atoms with van der Waals surface area (Å²) in [5, 5.41) is 0. The van der Waals surface area contributed by atoms with Crippen LogP contribution in [-0.4, -0.2) is 5.78 Å². The molecule has 0 bridgehead atoms. The zero-order chi connectivity index (χ0) is 10.6. The first-order chi connectivity index (χ1) is 6.59. The summed E-state index contributed by atoms with van der Waals surface area (Å²) in [7, 11) is -2.81. The van der Waals surface area contributed by atoms with Gasteiger partial charge in [0.15, 0.2) is 5.78 Å². The van der Waals surface area contributed by atoms with Gasteiger partial charge < -0.3 is 4.89 Å². The molecule has 1 aromatic rings. The lowest BCUT2D eigenvalue weighted by Gasteiger charge is -1.98. The molecule has 0 fully saturated rings. The molecule has 5 heteroatoms. The van der Waals surface area contributed by atoms with E-state index in [2.05, 4.69) is 4.52 Å². The Morgan fingerprint density at radius 2 is 2.00 bits per heavy atom.